The van der Waals surface area contributed by atoms with Crippen LogP contribution in [0, 0.1) is 11.7 Å². The van der Waals surface area contributed by atoms with Gasteiger partial charge < -0.3 is 14.6 Å². The second-order valence-corrected chi connectivity index (χ2v) is 11.4. The first-order chi connectivity index (χ1) is 20.8. The van der Waals surface area contributed by atoms with E-state index in [0.29, 0.717) is 23.7 Å². The normalized spacial score (nSPS) is 11.9. The molecule has 6 heteroatoms. The van der Waals surface area contributed by atoms with Crippen LogP contribution < -0.4 is 4.74 Å². The summed E-state index contributed by atoms with van der Waals surface area (Å²) in [5.74, 6) is -1.27. The molecule has 0 aliphatic heterocycles. The van der Waals surface area contributed by atoms with Crippen molar-refractivity contribution < 1.29 is 28.6 Å². The van der Waals surface area contributed by atoms with Gasteiger partial charge in [-0.25, -0.2) is 14.0 Å². The molecule has 0 amide bonds. The molecule has 0 radical (unpaired) electrons. The van der Waals surface area contributed by atoms with Crippen molar-refractivity contribution in [1.82, 2.24) is 0 Å². The Bertz CT molecular complexity index is 1310. The Kier molecular flexibility index (Phi) is 13.7. The van der Waals surface area contributed by atoms with Crippen LogP contribution in [0.25, 0.3) is 22.3 Å². The highest BCUT2D eigenvalue weighted by Crippen LogP contribution is 2.35. The highest BCUT2D eigenvalue weighted by molar-refractivity contribution is 5.95. The van der Waals surface area contributed by atoms with Gasteiger partial charge in [-0.05, 0) is 84.3 Å². The Morgan fingerprint density at radius 1 is 0.791 bits per heavy atom. The lowest BCUT2D eigenvalue weighted by Gasteiger charge is -2.19. The zero-order valence-electron chi connectivity index (χ0n) is 26.2. The molecule has 0 heterocycles. The number of unbranched alkanes of at least 4 members (excludes halogenated alkanes) is 6. The molecule has 0 fully saturated rings. The topological polar surface area (TPSA) is 72.8 Å². The van der Waals surface area contributed by atoms with Crippen LogP contribution in [0.3, 0.4) is 0 Å². The predicted octanol–water partition coefficient (Wildman–Crippen LogP) is 10.4. The predicted molar refractivity (Wildman–Crippen MR) is 171 cm³/mol. The van der Waals surface area contributed by atoms with E-state index in [1.165, 1.54) is 56.4 Å². The molecule has 0 saturated heterocycles. The maximum absolute atomic E-state index is 15.3. The Labute approximate surface area is 256 Å². The van der Waals surface area contributed by atoms with E-state index in [1.54, 1.807) is 12.1 Å². The standard InChI is InChI=1S/C37H47FO5/c1-5-8-9-10-11-12-13-22-42-31-18-14-28(15-19-31)32-20-17-30(36(39)40)24-34(32)29-16-21-33(35(38)25-29)37(41)43-26(4)23-27(6-2)7-3/h14-21,24-27H,5-13,22-23H2,1-4H3,(H,39,40)/t26-/m1/s1. The lowest BCUT2D eigenvalue weighted by atomic mass is 9.92. The minimum Gasteiger partial charge on any atom is -0.494 e. The van der Waals surface area contributed by atoms with Crippen molar-refractivity contribution in [3.63, 3.8) is 0 Å². The summed E-state index contributed by atoms with van der Waals surface area (Å²) in [6.45, 7) is 8.93. The number of hydrogen-bond donors (Lipinski definition) is 1. The van der Waals surface area contributed by atoms with E-state index in [1.807, 2.05) is 31.2 Å². The van der Waals surface area contributed by atoms with Crippen LogP contribution >= 0.6 is 0 Å². The van der Waals surface area contributed by atoms with Gasteiger partial charge in [0.15, 0.2) is 0 Å². The molecular formula is C37H47FO5. The number of aromatic carboxylic acids is 1. The van der Waals surface area contributed by atoms with E-state index in [4.69, 9.17) is 9.47 Å². The highest BCUT2D eigenvalue weighted by Gasteiger charge is 2.20. The van der Waals surface area contributed by atoms with E-state index in [9.17, 15) is 14.7 Å². The van der Waals surface area contributed by atoms with Gasteiger partial charge in [0.1, 0.15) is 11.6 Å². The van der Waals surface area contributed by atoms with Crippen molar-refractivity contribution in [2.45, 2.75) is 98.0 Å². The van der Waals surface area contributed by atoms with Crippen LogP contribution in [-0.2, 0) is 4.74 Å². The fraction of sp³-hybridized carbons (Fsp3) is 0.459. The summed E-state index contributed by atoms with van der Waals surface area (Å²) < 4.78 is 26.8. The Hall–Kier alpha value is -3.67. The van der Waals surface area contributed by atoms with Gasteiger partial charge in [0.05, 0.1) is 23.8 Å². The monoisotopic (exact) mass is 590 g/mol. The number of rotatable bonds is 18. The minimum absolute atomic E-state index is 0.0903. The highest BCUT2D eigenvalue weighted by atomic mass is 19.1. The zero-order valence-corrected chi connectivity index (χ0v) is 26.2. The molecule has 3 aromatic carbocycles. The summed E-state index contributed by atoms with van der Waals surface area (Å²) in [6, 6.07) is 16.7. The summed E-state index contributed by atoms with van der Waals surface area (Å²) in [5, 5.41) is 9.63. The number of ether oxygens (including phenoxy) is 2. The van der Waals surface area contributed by atoms with Gasteiger partial charge in [-0.15, -0.1) is 0 Å². The first kappa shape index (κ1) is 33.8. The summed E-state index contributed by atoms with van der Waals surface area (Å²) >= 11 is 0. The van der Waals surface area contributed by atoms with Gasteiger partial charge in [-0.1, -0.05) is 96.4 Å². The molecule has 0 bridgehead atoms. The fourth-order valence-electron chi connectivity index (χ4n) is 5.38. The molecule has 0 unspecified atom stereocenters. The molecule has 0 saturated carbocycles. The number of carboxylic acid groups (broad SMARTS) is 1. The van der Waals surface area contributed by atoms with Gasteiger partial charge in [0.2, 0.25) is 0 Å². The number of carbonyl (C=O) groups is 2. The first-order valence-electron chi connectivity index (χ1n) is 15.9. The van der Waals surface area contributed by atoms with Crippen LogP contribution in [0.15, 0.2) is 60.7 Å². The minimum atomic E-state index is -1.07. The van der Waals surface area contributed by atoms with E-state index in [-0.39, 0.29) is 17.2 Å². The molecule has 1 N–H and O–H groups in total. The maximum Gasteiger partial charge on any atom is 0.341 e. The van der Waals surface area contributed by atoms with Gasteiger partial charge in [-0.3, -0.25) is 0 Å². The molecule has 232 valence electrons. The van der Waals surface area contributed by atoms with E-state index < -0.39 is 17.8 Å². The van der Waals surface area contributed by atoms with Crippen molar-refractivity contribution in [3.05, 3.63) is 77.6 Å². The molecule has 3 rings (SSSR count). The molecule has 0 aromatic heterocycles. The van der Waals surface area contributed by atoms with Gasteiger partial charge >= 0.3 is 11.9 Å². The van der Waals surface area contributed by atoms with Crippen LogP contribution in [-0.4, -0.2) is 29.8 Å². The quantitative estimate of drug-likeness (QED) is 0.118. The number of halogens is 1. The van der Waals surface area contributed by atoms with E-state index in [0.717, 1.165) is 49.0 Å². The SMILES string of the molecule is CCCCCCCCCOc1ccc(-c2ccc(C(=O)O)cc2-c2ccc(C(=O)O[C@H](C)CC(CC)CC)c(F)c2)cc1. The van der Waals surface area contributed by atoms with Crippen LogP contribution in [0.2, 0.25) is 0 Å². The number of carboxylic acids is 1. The second-order valence-electron chi connectivity index (χ2n) is 11.4. The van der Waals surface area contributed by atoms with Crippen molar-refractivity contribution in [3.8, 4) is 28.0 Å². The second kappa shape index (κ2) is 17.4. The molecular weight excluding hydrogens is 543 g/mol. The first-order valence-corrected chi connectivity index (χ1v) is 15.9. The lowest BCUT2D eigenvalue weighted by molar-refractivity contribution is 0.0280. The molecule has 5 nitrogen and oxygen atoms in total. The van der Waals surface area contributed by atoms with Crippen molar-refractivity contribution in [2.24, 2.45) is 5.92 Å². The summed E-state index contributed by atoms with van der Waals surface area (Å²) in [5.41, 5.74) is 2.56. The third-order valence-electron chi connectivity index (χ3n) is 8.08. The van der Waals surface area contributed by atoms with E-state index >= 15 is 4.39 Å². The fourth-order valence-corrected chi connectivity index (χ4v) is 5.38. The third-order valence-corrected chi connectivity index (χ3v) is 8.08. The lowest BCUT2D eigenvalue weighted by Crippen LogP contribution is -2.19. The molecule has 1 atom stereocenters. The summed E-state index contributed by atoms with van der Waals surface area (Å²) in [6.07, 6.45) is 10.9. The molecule has 0 aliphatic rings. The average molecular weight is 591 g/mol. The molecule has 0 spiro atoms. The molecule has 0 aliphatic carbocycles. The van der Waals surface area contributed by atoms with Gasteiger partial charge in [0.25, 0.3) is 0 Å². The average Bonchev–Trinajstić information content (AvgIpc) is 3.01. The number of carbonyl (C=O) groups excluding carboxylic acids is 1. The van der Waals surface area contributed by atoms with Crippen LogP contribution in [0.5, 0.6) is 5.75 Å². The smallest absolute Gasteiger partial charge is 0.341 e. The number of benzene rings is 3. The Balaban J connectivity index is 1.75. The third kappa shape index (κ3) is 10.2. The largest absolute Gasteiger partial charge is 0.494 e. The van der Waals surface area contributed by atoms with Crippen LogP contribution in [0.1, 0.15) is 113 Å². The summed E-state index contributed by atoms with van der Waals surface area (Å²) in [4.78, 5) is 24.5. The van der Waals surface area contributed by atoms with E-state index in [2.05, 4.69) is 20.8 Å². The Morgan fingerprint density at radius 3 is 2.07 bits per heavy atom. The number of hydrogen-bond acceptors (Lipinski definition) is 4. The Morgan fingerprint density at radius 2 is 1.44 bits per heavy atom. The zero-order chi connectivity index (χ0) is 31.2. The molecule has 43 heavy (non-hydrogen) atoms. The van der Waals surface area contributed by atoms with Gasteiger partial charge in [0, 0.05) is 0 Å². The molecule has 3 aromatic rings. The van der Waals surface area contributed by atoms with Crippen molar-refractivity contribution in [1.29, 1.82) is 0 Å². The van der Waals surface area contributed by atoms with Gasteiger partial charge in [-0.2, -0.15) is 0 Å². The van der Waals surface area contributed by atoms with Crippen molar-refractivity contribution >= 4 is 11.9 Å². The van der Waals surface area contributed by atoms with Crippen LogP contribution in [0.4, 0.5) is 4.39 Å². The van der Waals surface area contributed by atoms with Crippen molar-refractivity contribution in [2.75, 3.05) is 6.61 Å². The number of esters is 1. The summed E-state index contributed by atoms with van der Waals surface area (Å²) in [7, 11) is 0. The maximum atomic E-state index is 15.3.